The van der Waals surface area contributed by atoms with Crippen LogP contribution < -0.4 is 10.9 Å². The summed E-state index contributed by atoms with van der Waals surface area (Å²) in [5.74, 6) is -0.821. The molecule has 0 bridgehead atoms. The number of benzene rings is 2. The van der Waals surface area contributed by atoms with Gasteiger partial charge in [-0.25, -0.2) is 4.68 Å². The molecule has 174 valence electrons. The number of carbonyl (C=O) groups excluding carboxylic acids is 3. The van der Waals surface area contributed by atoms with Gasteiger partial charge in [0.2, 0.25) is 5.91 Å². The van der Waals surface area contributed by atoms with Crippen molar-refractivity contribution in [3.8, 4) is 0 Å². The second-order valence-corrected chi connectivity index (χ2v) is 8.87. The molecule has 2 aromatic carbocycles. The van der Waals surface area contributed by atoms with Crippen LogP contribution in [0.1, 0.15) is 71.0 Å². The van der Waals surface area contributed by atoms with Gasteiger partial charge in [0.05, 0.1) is 34.8 Å². The highest BCUT2D eigenvalue weighted by Gasteiger charge is 2.34. The van der Waals surface area contributed by atoms with E-state index in [2.05, 4.69) is 10.4 Å². The van der Waals surface area contributed by atoms with E-state index in [-0.39, 0.29) is 48.8 Å². The molecule has 34 heavy (non-hydrogen) atoms. The largest absolute Gasteiger partial charge is 0.350 e. The molecule has 8 heteroatoms. The summed E-state index contributed by atoms with van der Waals surface area (Å²) in [7, 11) is 0. The highest BCUT2D eigenvalue weighted by Crippen LogP contribution is 2.28. The van der Waals surface area contributed by atoms with Crippen LogP contribution in [0.4, 0.5) is 0 Å². The molecule has 2 aliphatic rings. The van der Waals surface area contributed by atoms with E-state index in [1.807, 2.05) is 18.2 Å². The normalized spacial score (nSPS) is 15.8. The van der Waals surface area contributed by atoms with E-state index in [0.717, 1.165) is 31.1 Å². The lowest BCUT2D eigenvalue weighted by Gasteiger charge is -2.16. The lowest BCUT2D eigenvalue weighted by Crippen LogP contribution is -2.32. The first-order valence-corrected chi connectivity index (χ1v) is 11.8. The Morgan fingerprint density at radius 3 is 2.21 bits per heavy atom. The molecule has 1 aliphatic heterocycles. The number of fused-ring (bicyclic) bond motifs is 2. The summed E-state index contributed by atoms with van der Waals surface area (Å²) < 4.78 is 1.60. The Morgan fingerprint density at radius 2 is 1.53 bits per heavy atom. The smallest absolute Gasteiger partial charge is 0.274 e. The molecule has 1 saturated carbocycles. The van der Waals surface area contributed by atoms with E-state index in [9.17, 15) is 19.2 Å². The fourth-order valence-electron chi connectivity index (χ4n) is 4.91. The van der Waals surface area contributed by atoms with Gasteiger partial charge in [0.15, 0.2) is 0 Å². The van der Waals surface area contributed by atoms with Gasteiger partial charge in [0.1, 0.15) is 0 Å². The molecule has 1 aromatic heterocycles. The summed E-state index contributed by atoms with van der Waals surface area (Å²) in [5.41, 5.74) is 1.40. The van der Waals surface area contributed by atoms with Gasteiger partial charge in [0, 0.05) is 18.4 Å². The first-order valence-electron chi connectivity index (χ1n) is 11.8. The van der Waals surface area contributed by atoms with Crippen molar-refractivity contribution in [3.63, 3.8) is 0 Å². The van der Waals surface area contributed by atoms with Gasteiger partial charge in [-0.05, 0) is 37.5 Å². The van der Waals surface area contributed by atoms with Crippen LogP contribution >= 0.6 is 0 Å². The molecule has 2 heterocycles. The van der Waals surface area contributed by atoms with Crippen molar-refractivity contribution < 1.29 is 14.4 Å². The van der Waals surface area contributed by atoms with Crippen molar-refractivity contribution >= 4 is 28.5 Å². The monoisotopic (exact) mass is 458 g/mol. The number of nitrogens with zero attached hydrogens (tertiary/aromatic N) is 3. The Balaban J connectivity index is 1.22. The highest BCUT2D eigenvalue weighted by atomic mass is 16.2. The summed E-state index contributed by atoms with van der Waals surface area (Å²) in [4.78, 5) is 51.6. The summed E-state index contributed by atoms with van der Waals surface area (Å²) in [6.07, 6.45) is 4.60. The quantitative estimate of drug-likeness (QED) is 0.548. The van der Waals surface area contributed by atoms with E-state index in [0.29, 0.717) is 28.6 Å². The summed E-state index contributed by atoms with van der Waals surface area (Å²) in [6, 6.07) is 14.2. The molecule has 0 spiro atoms. The van der Waals surface area contributed by atoms with Gasteiger partial charge >= 0.3 is 0 Å². The van der Waals surface area contributed by atoms with Crippen LogP contribution in [0.2, 0.25) is 0 Å². The van der Waals surface area contributed by atoms with Gasteiger partial charge in [-0.1, -0.05) is 43.2 Å². The van der Waals surface area contributed by atoms with Gasteiger partial charge in [0.25, 0.3) is 17.4 Å². The molecule has 0 saturated heterocycles. The first kappa shape index (κ1) is 22.0. The van der Waals surface area contributed by atoms with Crippen LogP contribution in [-0.2, 0) is 11.3 Å². The minimum atomic E-state index is -0.314. The number of rotatable bonds is 7. The fourth-order valence-corrected chi connectivity index (χ4v) is 4.91. The van der Waals surface area contributed by atoms with E-state index >= 15 is 0 Å². The van der Waals surface area contributed by atoms with Crippen LogP contribution in [0.15, 0.2) is 53.3 Å². The van der Waals surface area contributed by atoms with Crippen LogP contribution in [-0.4, -0.2) is 38.9 Å². The molecule has 1 N–H and O–H groups in total. The third-order valence-corrected chi connectivity index (χ3v) is 6.69. The lowest BCUT2D eigenvalue weighted by atomic mass is 10.1. The molecule has 0 radical (unpaired) electrons. The molecule has 0 atom stereocenters. The van der Waals surface area contributed by atoms with Crippen molar-refractivity contribution in [2.24, 2.45) is 0 Å². The highest BCUT2D eigenvalue weighted by molar-refractivity contribution is 6.21. The SMILES string of the molecule is O=C(CCCN1C(=O)c2ccccc2C1=O)NCc1nn(C2CCCC2)c(=O)c2ccccc12. The van der Waals surface area contributed by atoms with E-state index < -0.39 is 0 Å². The maximum Gasteiger partial charge on any atom is 0.274 e. The molecule has 8 nitrogen and oxygen atoms in total. The average Bonchev–Trinajstić information content (AvgIpc) is 3.47. The Kier molecular flexibility index (Phi) is 5.96. The standard InChI is InChI=1S/C26H26N4O4/c31-23(14-7-15-29-24(32)20-12-5-6-13-21(20)25(29)33)27-16-22-18-10-3-4-11-19(18)26(34)30(28-22)17-8-1-2-9-17/h3-6,10-13,17H,1-2,7-9,14-16H2,(H,27,31). The number of hydrogen-bond donors (Lipinski definition) is 1. The zero-order valence-corrected chi connectivity index (χ0v) is 18.8. The van der Waals surface area contributed by atoms with Crippen molar-refractivity contribution in [3.05, 3.63) is 75.7 Å². The minimum Gasteiger partial charge on any atom is -0.350 e. The lowest BCUT2D eigenvalue weighted by molar-refractivity contribution is -0.121. The predicted molar refractivity (Wildman–Crippen MR) is 126 cm³/mol. The van der Waals surface area contributed by atoms with Crippen LogP contribution in [0, 0.1) is 0 Å². The van der Waals surface area contributed by atoms with E-state index in [1.165, 1.54) is 4.90 Å². The van der Waals surface area contributed by atoms with Crippen molar-refractivity contribution in [1.29, 1.82) is 0 Å². The average molecular weight is 459 g/mol. The maximum atomic E-state index is 13.0. The fraction of sp³-hybridized carbons (Fsp3) is 0.346. The van der Waals surface area contributed by atoms with Crippen molar-refractivity contribution in [1.82, 2.24) is 20.0 Å². The van der Waals surface area contributed by atoms with E-state index in [1.54, 1.807) is 35.0 Å². The number of amides is 3. The summed E-state index contributed by atoms with van der Waals surface area (Å²) >= 11 is 0. The maximum absolute atomic E-state index is 13.0. The Hall–Kier alpha value is -3.81. The predicted octanol–water partition coefficient (Wildman–Crippen LogP) is 3.20. The van der Waals surface area contributed by atoms with Gasteiger partial charge in [-0.15, -0.1) is 0 Å². The first-order chi connectivity index (χ1) is 16.5. The van der Waals surface area contributed by atoms with Gasteiger partial charge < -0.3 is 5.32 Å². The summed E-state index contributed by atoms with van der Waals surface area (Å²) in [6.45, 7) is 0.396. The molecule has 1 fully saturated rings. The number of aromatic nitrogens is 2. The number of imide groups is 1. The van der Waals surface area contributed by atoms with Crippen LogP contribution in [0.25, 0.3) is 10.8 Å². The second-order valence-electron chi connectivity index (χ2n) is 8.87. The van der Waals surface area contributed by atoms with Gasteiger partial charge in [-0.3, -0.25) is 24.1 Å². The van der Waals surface area contributed by atoms with Gasteiger partial charge in [-0.2, -0.15) is 5.10 Å². The van der Waals surface area contributed by atoms with E-state index in [4.69, 9.17) is 0 Å². The molecular weight excluding hydrogens is 432 g/mol. The minimum absolute atomic E-state index is 0.0847. The molecule has 0 unspecified atom stereocenters. The van der Waals surface area contributed by atoms with Crippen molar-refractivity contribution in [2.45, 2.75) is 51.1 Å². The number of hydrogen-bond acceptors (Lipinski definition) is 5. The topological polar surface area (TPSA) is 101 Å². The number of nitrogens with one attached hydrogen (secondary N) is 1. The van der Waals surface area contributed by atoms with Crippen LogP contribution in [0.3, 0.4) is 0 Å². The molecular formula is C26H26N4O4. The van der Waals surface area contributed by atoms with Crippen LogP contribution in [0.5, 0.6) is 0 Å². The third kappa shape index (κ3) is 4.00. The summed E-state index contributed by atoms with van der Waals surface area (Å²) in [5, 5.41) is 8.87. The third-order valence-electron chi connectivity index (χ3n) is 6.69. The molecule has 3 aromatic rings. The zero-order chi connectivity index (χ0) is 23.7. The Labute approximate surface area is 196 Å². The second kappa shape index (κ2) is 9.21. The molecule has 3 amide bonds. The number of carbonyl (C=O) groups is 3. The zero-order valence-electron chi connectivity index (χ0n) is 18.8. The molecule has 5 rings (SSSR count). The molecule has 1 aliphatic carbocycles. The Bertz CT molecular complexity index is 1310. The Morgan fingerprint density at radius 1 is 0.912 bits per heavy atom. The van der Waals surface area contributed by atoms with Crippen molar-refractivity contribution in [2.75, 3.05) is 6.54 Å².